The van der Waals surface area contributed by atoms with Gasteiger partial charge in [-0.1, -0.05) is 32.0 Å². The van der Waals surface area contributed by atoms with Crippen LogP contribution in [0.5, 0.6) is 0 Å². The fraction of sp³-hybridized carbons (Fsp3) is 0.429. The van der Waals surface area contributed by atoms with E-state index in [1.807, 2.05) is 11.3 Å². The van der Waals surface area contributed by atoms with Gasteiger partial charge in [-0.05, 0) is 47.8 Å². The van der Waals surface area contributed by atoms with Crippen LogP contribution in [0.2, 0.25) is 0 Å². The SMILES string of the molecule is CC(C)CNCCc1cccc2ccsc12. The lowest BCUT2D eigenvalue weighted by molar-refractivity contribution is 0.555. The van der Waals surface area contributed by atoms with Gasteiger partial charge in [0.1, 0.15) is 0 Å². The van der Waals surface area contributed by atoms with Crippen LogP contribution in [0, 0.1) is 5.92 Å². The zero-order valence-corrected chi connectivity index (χ0v) is 10.8. The number of nitrogens with one attached hydrogen (secondary N) is 1. The molecule has 1 aromatic heterocycles. The Morgan fingerprint density at radius 2 is 2.12 bits per heavy atom. The highest BCUT2D eigenvalue weighted by Gasteiger charge is 2.01. The van der Waals surface area contributed by atoms with Crippen LogP contribution in [0.3, 0.4) is 0 Å². The van der Waals surface area contributed by atoms with Crippen LogP contribution >= 0.6 is 11.3 Å². The summed E-state index contributed by atoms with van der Waals surface area (Å²) in [5.41, 5.74) is 1.48. The van der Waals surface area contributed by atoms with Gasteiger partial charge in [0.2, 0.25) is 0 Å². The number of benzene rings is 1. The molecule has 0 fully saturated rings. The molecule has 0 saturated heterocycles. The first-order chi connectivity index (χ1) is 7.77. The van der Waals surface area contributed by atoms with Crippen molar-refractivity contribution < 1.29 is 0 Å². The molecule has 0 radical (unpaired) electrons. The van der Waals surface area contributed by atoms with E-state index in [9.17, 15) is 0 Å². The third kappa shape index (κ3) is 2.83. The maximum Gasteiger partial charge on any atom is 0.0375 e. The largest absolute Gasteiger partial charge is 0.316 e. The van der Waals surface area contributed by atoms with Gasteiger partial charge in [-0.25, -0.2) is 0 Å². The molecule has 1 aromatic carbocycles. The van der Waals surface area contributed by atoms with Crippen molar-refractivity contribution in [2.45, 2.75) is 20.3 Å². The van der Waals surface area contributed by atoms with Crippen molar-refractivity contribution in [3.05, 3.63) is 35.2 Å². The summed E-state index contributed by atoms with van der Waals surface area (Å²) in [5, 5.41) is 7.05. The third-order valence-corrected chi connectivity index (χ3v) is 3.69. The summed E-state index contributed by atoms with van der Waals surface area (Å²) >= 11 is 1.85. The van der Waals surface area contributed by atoms with E-state index < -0.39 is 0 Å². The van der Waals surface area contributed by atoms with E-state index in [4.69, 9.17) is 0 Å². The number of rotatable bonds is 5. The van der Waals surface area contributed by atoms with E-state index in [0.29, 0.717) is 0 Å². The monoisotopic (exact) mass is 233 g/mol. The Bertz CT molecular complexity index is 445. The summed E-state index contributed by atoms with van der Waals surface area (Å²) in [6.45, 7) is 6.68. The summed E-state index contributed by atoms with van der Waals surface area (Å²) < 4.78 is 1.45. The highest BCUT2D eigenvalue weighted by atomic mass is 32.1. The van der Waals surface area contributed by atoms with Crippen LogP contribution in [0.15, 0.2) is 29.6 Å². The summed E-state index contributed by atoms with van der Waals surface area (Å²) in [6, 6.07) is 8.80. The van der Waals surface area contributed by atoms with E-state index in [1.54, 1.807) is 0 Å². The van der Waals surface area contributed by atoms with E-state index in [2.05, 4.69) is 48.8 Å². The van der Waals surface area contributed by atoms with Gasteiger partial charge in [0.25, 0.3) is 0 Å². The van der Waals surface area contributed by atoms with Gasteiger partial charge in [-0.3, -0.25) is 0 Å². The molecule has 0 aliphatic heterocycles. The van der Waals surface area contributed by atoms with Crippen molar-refractivity contribution in [1.29, 1.82) is 0 Å². The second-order valence-corrected chi connectivity index (χ2v) is 5.52. The number of thiophene rings is 1. The second-order valence-electron chi connectivity index (χ2n) is 4.60. The summed E-state index contributed by atoms with van der Waals surface area (Å²) in [4.78, 5) is 0. The van der Waals surface area contributed by atoms with Crippen molar-refractivity contribution in [3.8, 4) is 0 Å². The molecule has 2 rings (SSSR count). The molecular formula is C14H19NS. The van der Waals surface area contributed by atoms with Crippen LogP contribution in [0.25, 0.3) is 10.1 Å². The maximum absolute atomic E-state index is 3.49. The van der Waals surface area contributed by atoms with Crippen molar-refractivity contribution in [1.82, 2.24) is 5.32 Å². The summed E-state index contributed by atoms with van der Waals surface area (Å²) in [6.07, 6.45) is 1.13. The maximum atomic E-state index is 3.49. The molecule has 0 atom stereocenters. The zero-order chi connectivity index (χ0) is 11.4. The Balaban J connectivity index is 1.96. The first-order valence-corrected chi connectivity index (χ1v) is 6.81. The smallest absolute Gasteiger partial charge is 0.0375 e. The number of hydrogen-bond donors (Lipinski definition) is 1. The molecule has 0 amide bonds. The minimum atomic E-state index is 0.734. The van der Waals surface area contributed by atoms with E-state index >= 15 is 0 Å². The molecule has 1 heterocycles. The Morgan fingerprint density at radius 1 is 1.25 bits per heavy atom. The Labute approximate surface area is 101 Å². The summed E-state index contributed by atoms with van der Waals surface area (Å²) in [5.74, 6) is 0.734. The third-order valence-electron chi connectivity index (χ3n) is 2.68. The average Bonchev–Trinajstić information content (AvgIpc) is 2.72. The van der Waals surface area contributed by atoms with Crippen LogP contribution < -0.4 is 5.32 Å². The van der Waals surface area contributed by atoms with Gasteiger partial charge in [0, 0.05) is 4.70 Å². The molecule has 1 N–H and O–H groups in total. The van der Waals surface area contributed by atoms with Gasteiger partial charge in [0.15, 0.2) is 0 Å². The lowest BCUT2D eigenvalue weighted by Gasteiger charge is -2.07. The topological polar surface area (TPSA) is 12.0 Å². The Morgan fingerprint density at radius 3 is 2.94 bits per heavy atom. The van der Waals surface area contributed by atoms with Gasteiger partial charge in [-0.2, -0.15) is 0 Å². The van der Waals surface area contributed by atoms with Crippen molar-refractivity contribution in [3.63, 3.8) is 0 Å². The van der Waals surface area contributed by atoms with Gasteiger partial charge >= 0.3 is 0 Å². The quantitative estimate of drug-likeness (QED) is 0.777. The molecule has 0 unspecified atom stereocenters. The van der Waals surface area contributed by atoms with Crippen LogP contribution in [-0.4, -0.2) is 13.1 Å². The molecule has 0 bridgehead atoms. The average molecular weight is 233 g/mol. The fourth-order valence-corrected chi connectivity index (χ4v) is 2.81. The molecule has 86 valence electrons. The van der Waals surface area contributed by atoms with E-state index in [1.165, 1.54) is 15.6 Å². The normalized spacial score (nSPS) is 11.4. The van der Waals surface area contributed by atoms with Crippen molar-refractivity contribution >= 4 is 21.4 Å². The molecule has 0 aliphatic rings. The van der Waals surface area contributed by atoms with Crippen LogP contribution in [0.4, 0.5) is 0 Å². The van der Waals surface area contributed by atoms with Gasteiger partial charge in [0.05, 0.1) is 0 Å². The zero-order valence-electron chi connectivity index (χ0n) is 9.99. The minimum absolute atomic E-state index is 0.734. The first kappa shape index (κ1) is 11.6. The number of hydrogen-bond acceptors (Lipinski definition) is 2. The van der Waals surface area contributed by atoms with Gasteiger partial charge in [-0.15, -0.1) is 11.3 Å². The van der Waals surface area contributed by atoms with Crippen molar-refractivity contribution in [2.75, 3.05) is 13.1 Å². The van der Waals surface area contributed by atoms with Crippen LogP contribution in [-0.2, 0) is 6.42 Å². The Kier molecular flexibility index (Phi) is 3.97. The fourth-order valence-electron chi connectivity index (χ4n) is 1.87. The molecule has 0 saturated carbocycles. The second kappa shape index (κ2) is 5.46. The predicted molar refractivity (Wildman–Crippen MR) is 73.2 cm³/mol. The van der Waals surface area contributed by atoms with E-state index in [0.717, 1.165) is 25.4 Å². The molecule has 2 heteroatoms. The first-order valence-electron chi connectivity index (χ1n) is 5.93. The highest BCUT2D eigenvalue weighted by Crippen LogP contribution is 2.24. The summed E-state index contributed by atoms with van der Waals surface area (Å²) in [7, 11) is 0. The molecule has 1 nitrogen and oxygen atoms in total. The molecule has 0 spiro atoms. The molecule has 2 aromatic rings. The van der Waals surface area contributed by atoms with Crippen LogP contribution in [0.1, 0.15) is 19.4 Å². The minimum Gasteiger partial charge on any atom is -0.316 e. The molecule has 0 aliphatic carbocycles. The molecule has 16 heavy (non-hydrogen) atoms. The van der Waals surface area contributed by atoms with Crippen molar-refractivity contribution in [2.24, 2.45) is 5.92 Å². The van der Waals surface area contributed by atoms with Gasteiger partial charge < -0.3 is 5.32 Å². The highest BCUT2D eigenvalue weighted by molar-refractivity contribution is 7.17. The standard InChI is InChI=1S/C14H19NS/c1-11(2)10-15-8-6-12-4-3-5-13-7-9-16-14(12)13/h3-5,7,9,11,15H,6,8,10H2,1-2H3. The predicted octanol–water partition coefficient (Wildman–Crippen LogP) is 3.69. The lowest BCUT2D eigenvalue weighted by atomic mass is 10.1. The molecular weight excluding hydrogens is 214 g/mol. The number of fused-ring (bicyclic) bond motifs is 1. The lowest BCUT2D eigenvalue weighted by Crippen LogP contribution is -2.22. The Hall–Kier alpha value is -0.860. The van der Waals surface area contributed by atoms with E-state index in [-0.39, 0.29) is 0 Å².